The van der Waals surface area contributed by atoms with E-state index in [1.165, 1.54) is 49.3 Å². The van der Waals surface area contributed by atoms with E-state index in [4.69, 9.17) is 0 Å². The number of alkyl halides is 3. The molecule has 0 spiro atoms. The summed E-state index contributed by atoms with van der Waals surface area (Å²) >= 11 is 0. The molecule has 2 rings (SSSR count). The van der Waals surface area contributed by atoms with E-state index in [9.17, 15) is 27.2 Å². The minimum Gasteiger partial charge on any atom is -0.484 e. The van der Waals surface area contributed by atoms with E-state index in [1.54, 1.807) is 0 Å². The lowest BCUT2D eigenvalue weighted by atomic mass is 10.1. The van der Waals surface area contributed by atoms with Crippen molar-refractivity contribution in [2.24, 2.45) is 0 Å². The second-order valence-corrected chi connectivity index (χ2v) is 5.77. The topological polar surface area (TPSA) is 58.6 Å². The summed E-state index contributed by atoms with van der Waals surface area (Å²) in [4.78, 5) is 25.7. The normalized spacial score (nSPS) is 11.0. The summed E-state index contributed by atoms with van der Waals surface area (Å²) in [7, 11) is 2.97. The number of halogens is 4. The zero-order valence-corrected chi connectivity index (χ0v) is 14.4. The highest BCUT2D eigenvalue weighted by Gasteiger charge is 2.28. The van der Waals surface area contributed by atoms with Crippen LogP contribution in [0.15, 0.2) is 42.5 Å². The highest BCUT2D eigenvalue weighted by atomic mass is 19.4. The SMILES string of the molecule is CN(C)C(=O)c1cc(F)ccc1NC(=O)c1ccc(OCC(F)(F)F)cc1. The molecule has 0 aliphatic carbocycles. The van der Waals surface area contributed by atoms with Crippen molar-refractivity contribution in [1.82, 2.24) is 4.90 Å². The third kappa shape index (κ3) is 5.70. The second-order valence-electron chi connectivity index (χ2n) is 5.77. The molecule has 0 unspecified atom stereocenters. The molecule has 0 bridgehead atoms. The van der Waals surface area contributed by atoms with Crippen molar-refractivity contribution in [3.8, 4) is 5.75 Å². The summed E-state index contributed by atoms with van der Waals surface area (Å²) in [5, 5.41) is 2.49. The van der Waals surface area contributed by atoms with Crippen LogP contribution in [0.5, 0.6) is 5.75 Å². The van der Waals surface area contributed by atoms with Gasteiger partial charge in [0, 0.05) is 19.7 Å². The highest BCUT2D eigenvalue weighted by molar-refractivity contribution is 6.08. The van der Waals surface area contributed by atoms with Crippen LogP contribution in [0.2, 0.25) is 0 Å². The largest absolute Gasteiger partial charge is 0.484 e. The van der Waals surface area contributed by atoms with Crippen molar-refractivity contribution >= 4 is 17.5 Å². The summed E-state index contributed by atoms with van der Waals surface area (Å²) in [6.45, 7) is -1.44. The summed E-state index contributed by atoms with van der Waals surface area (Å²) in [6, 6.07) is 8.34. The van der Waals surface area contributed by atoms with Crippen LogP contribution in [0.25, 0.3) is 0 Å². The molecule has 1 N–H and O–H groups in total. The molecule has 0 atom stereocenters. The molecular weight excluding hydrogens is 368 g/mol. The molecule has 144 valence electrons. The van der Waals surface area contributed by atoms with Crippen LogP contribution in [0.1, 0.15) is 20.7 Å². The second kappa shape index (κ2) is 8.07. The average molecular weight is 384 g/mol. The third-order valence-corrected chi connectivity index (χ3v) is 3.39. The fraction of sp³-hybridized carbons (Fsp3) is 0.222. The quantitative estimate of drug-likeness (QED) is 0.800. The van der Waals surface area contributed by atoms with Crippen LogP contribution >= 0.6 is 0 Å². The number of anilines is 1. The first-order chi connectivity index (χ1) is 12.6. The zero-order chi connectivity index (χ0) is 20.2. The first-order valence-electron chi connectivity index (χ1n) is 7.69. The first-order valence-corrected chi connectivity index (χ1v) is 7.69. The van der Waals surface area contributed by atoms with E-state index in [0.29, 0.717) is 0 Å². The number of carbonyl (C=O) groups is 2. The van der Waals surface area contributed by atoms with Gasteiger partial charge in [-0.3, -0.25) is 9.59 Å². The van der Waals surface area contributed by atoms with Gasteiger partial charge in [0.1, 0.15) is 11.6 Å². The highest BCUT2D eigenvalue weighted by Crippen LogP contribution is 2.21. The number of hydrogen-bond donors (Lipinski definition) is 1. The molecular formula is C18H16F4N2O3. The first kappa shape index (κ1) is 20.2. The minimum atomic E-state index is -4.46. The Kier molecular flexibility index (Phi) is 6.04. The molecule has 0 aliphatic rings. The molecule has 0 aliphatic heterocycles. The molecule has 2 aromatic rings. The minimum absolute atomic E-state index is 0.0292. The van der Waals surface area contributed by atoms with E-state index < -0.39 is 30.4 Å². The Bertz CT molecular complexity index is 833. The predicted octanol–water partition coefficient (Wildman–Crippen LogP) is 3.72. The standard InChI is InChI=1S/C18H16F4N2O3/c1-24(2)17(26)14-9-12(19)5-8-15(14)23-16(25)11-3-6-13(7-4-11)27-10-18(20,21)22/h3-9H,10H2,1-2H3,(H,23,25). The summed E-state index contributed by atoms with van der Waals surface area (Å²) < 4.78 is 54.4. The van der Waals surface area contributed by atoms with Crippen LogP contribution in [0.3, 0.4) is 0 Å². The van der Waals surface area contributed by atoms with Crippen molar-refractivity contribution in [1.29, 1.82) is 0 Å². The van der Waals surface area contributed by atoms with Gasteiger partial charge < -0.3 is 15.0 Å². The number of amides is 2. The molecule has 0 aromatic heterocycles. The molecule has 0 saturated carbocycles. The van der Waals surface area contributed by atoms with E-state index in [2.05, 4.69) is 10.1 Å². The Labute approximate surface area is 152 Å². The van der Waals surface area contributed by atoms with Gasteiger partial charge in [0.25, 0.3) is 11.8 Å². The Morgan fingerprint density at radius 1 is 1.07 bits per heavy atom. The van der Waals surface area contributed by atoms with Crippen LogP contribution in [-0.4, -0.2) is 43.6 Å². The zero-order valence-electron chi connectivity index (χ0n) is 14.4. The lowest BCUT2D eigenvalue weighted by Crippen LogP contribution is -2.24. The summed E-state index contributed by atoms with van der Waals surface area (Å²) in [5.41, 5.74) is 0.206. The van der Waals surface area contributed by atoms with E-state index in [0.717, 1.165) is 12.1 Å². The molecule has 27 heavy (non-hydrogen) atoms. The maximum atomic E-state index is 13.5. The van der Waals surface area contributed by atoms with Crippen molar-refractivity contribution in [2.75, 3.05) is 26.0 Å². The van der Waals surface area contributed by atoms with Crippen LogP contribution < -0.4 is 10.1 Å². The fourth-order valence-electron chi connectivity index (χ4n) is 2.11. The molecule has 2 aromatic carbocycles. The number of ether oxygens (including phenoxy) is 1. The Morgan fingerprint density at radius 2 is 1.70 bits per heavy atom. The summed E-state index contributed by atoms with van der Waals surface area (Å²) in [6.07, 6.45) is -4.46. The van der Waals surface area contributed by atoms with Crippen molar-refractivity contribution in [3.63, 3.8) is 0 Å². The van der Waals surface area contributed by atoms with Crippen molar-refractivity contribution in [3.05, 3.63) is 59.4 Å². The van der Waals surface area contributed by atoms with E-state index >= 15 is 0 Å². The van der Waals surface area contributed by atoms with Crippen LogP contribution in [0.4, 0.5) is 23.2 Å². The Balaban J connectivity index is 2.15. The van der Waals surface area contributed by atoms with Gasteiger partial charge in [0.2, 0.25) is 0 Å². The molecule has 0 heterocycles. The lowest BCUT2D eigenvalue weighted by Gasteiger charge is -2.15. The van der Waals surface area contributed by atoms with Crippen molar-refractivity contribution < 1.29 is 31.9 Å². The number of rotatable bonds is 5. The lowest BCUT2D eigenvalue weighted by molar-refractivity contribution is -0.153. The monoisotopic (exact) mass is 384 g/mol. The maximum absolute atomic E-state index is 13.5. The smallest absolute Gasteiger partial charge is 0.422 e. The average Bonchev–Trinajstić information content (AvgIpc) is 2.60. The van der Waals surface area contributed by atoms with Gasteiger partial charge in [0.05, 0.1) is 11.3 Å². The number of hydrogen-bond acceptors (Lipinski definition) is 3. The van der Waals surface area contributed by atoms with E-state index in [-0.39, 0.29) is 22.6 Å². The number of nitrogens with zero attached hydrogens (tertiary/aromatic N) is 1. The molecule has 0 saturated heterocycles. The summed E-state index contributed by atoms with van der Waals surface area (Å²) in [5.74, 6) is -1.80. The van der Waals surface area contributed by atoms with Gasteiger partial charge >= 0.3 is 6.18 Å². The number of nitrogens with one attached hydrogen (secondary N) is 1. The maximum Gasteiger partial charge on any atom is 0.422 e. The van der Waals surface area contributed by atoms with Gasteiger partial charge in [-0.15, -0.1) is 0 Å². The Morgan fingerprint density at radius 3 is 2.26 bits per heavy atom. The number of benzene rings is 2. The van der Waals surface area contributed by atoms with E-state index in [1.807, 2.05) is 0 Å². The van der Waals surface area contributed by atoms with Gasteiger partial charge in [-0.05, 0) is 42.5 Å². The molecule has 0 radical (unpaired) electrons. The predicted molar refractivity (Wildman–Crippen MR) is 90.4 cm³/mol. The molecule has 2 amide bonds. The van der Waals surface area contributed by atoms with Gasteiger partial charge in [-0.2, -0.15) is 13.2 Å². The van der Waals surface area contributed by atoms with Gasteiger partial charge in [0.15, 0.2) is 6.61 Å². The van der Waals surface area contributed by atoms with Crippen LogP contribution in [0, 0.1) is 5.82 Å². The third-order valence-electron chi connectivity index (χ3n) is 3.39. The van der Waals surface area contributed by atoms with Crippen molar-refractivity contribution in [2.45, 2.75) is 6.18 Å². The van der Waals surface area contributed by atoms with Gasteiger partial charge in [-0.25, -0.2) is 4.39 Å². The molecule has 0 fully saturated rings. The number of carbonyl (C=O) groups excluding carboxylic acids is 2. The van der Waals surface area contributed by atoms with Gasteiger partial charge in [-0.1, -0.05) is 0 Å². The molecule has 5 nitrogen and oxygen atoms in total. The Hall–Kier alpha value is -3.10. The fourth-order valence-corrected chi connectivity index (χ4v) is 2.11. The van der Waals surface area contributed by atoms with Crippen LogP contribution in [-0.2, 0) is 0 Å². The molecule has 9 heteroatoms.